The predicted molar refractivity (Wildman–Crippen MR) is 93.4 cm³/mol. The Morgan fingerprint density at radius 2 is 2.23 bits per heavy atom. The number of hydrogen-bond donors (Lipinski definition) is 2. The zero-order valence-electron chi connectivity index (χ0n) is 14.3. The molecule has 1 atom stereocenters. The van der Waals surface area contributed by atoms with Crippen LogP contribution in [0.2, 0.25) is 0 Å². The first kappa shape index (κ1) is 16.4. The highest BCUT2D eigenvalue weighted by molar-refractivity contribution is 5.91. The molecular formula is C17H19N7O2. The Balaban J connectivity index is 1.45. The zero-order chi connectivity index (χ0) is 17.9. The molecule has 1 amide bonds. The average molecular weight is 353 g/mol. The van der Waals surface area contributed by atoms with Crippen molar-refractivity contribution in [3.63, 3.8) is 0 Å². The van der Waals surface area contributed by atoms with E-state index in [9.17, 15) is 4.79 Å². The lowest BCUT2D eigenvalue weighted by atomic mass is 10.2. The molecule has 0 radical (unpaired) electrons. The maximum atomic E-state index is 12.1. The van der Waals surface area contributed by atoms with Crippen LogP contribution in [0, 0.1) is 6.92 Å². The minimum atomic E-state index is -0.207. The van der Waals surface area contributed by atoms with Gasteiger partial charge in [0.1, 0.15) is 0 Å². The van der Waals surface area contributed by atoms with E-state index >= 15 is 0 Å². The van der Waals surface area contributed by atoms with Gasteiger partial charge in [-0.2, -0.15) is 4.98 Å². The molecular weight excluding hydrogens is 334 g/mol. The zero-order valence-corrected chi connectivity index (χ0v) is 14.3. The number of hydrogen-bond acceptors (Lipinski definition) is 7. The van der Waals surface area contributed by atoms with Gasteiger partial charge >= 0.3 is 0 Å². The summed E-state index contributed by atoms with van der Waals surface area (Å²) < 4.78 is 7.18. The summed E-state index contributed by atoms with van der Waals surface area (Å²) in [6, 6.07) is 9.52. The van der Waals surface area contributed by atoms with Gasteiger partial charge in [-0.15, -0.1) is 5.10 Å². The molecule has 1 unspecified atom stereocenters. The number of carbonyl (C=O) groups is 1. The number of aromatic nitrogens is 5. The molecule has 2 N–H and O–H groups in total. The second-order valence-corrected chi connectivity index (χ2v) is 6.22. The number of nitrogens with zero attached hydrogens (tertiary/aromatic N) is 5. The van der Waals surface area contributed by atoms with Crippen LogP contribution in [0.1, 0.15) is 24.0 Å². The number of rotatable bonds is 5. The van der Waals surface area contributed by atoms with Gasteiger partial charge in [-0.25, -0.2) is 4.68 Å². The van der Waals surface area contributed by atoms with Crippen LogP contribution in [0.25, 0.3) is 11.6 Å². The Morgan fingerprint density at radius 3 is 3.00 bits per heavy atom. The monoisotopic (exact) mass is 353 g/mol. The highest BCUT2D eigenvalue weighted by Gasteiger charge is 2.24. The second-order valence-electron chi connectivity index (χ2n) is 6.22. The molecule has 1 fully saturated rings. The normalized spacial score (nSPS) is 16.7. The van der Waals surface area contributed by atoms with Crippen molar-refractivity contribution in [1.82, 2.24) is 30.5 Å². The van der Waals surface area contributed by atoms with Crippen LogP contribution in [-0.2, 0) is 11.2 Å². The smallest absolute Gasteiger partial charge is 0.280 e. The van der Waals surface area contributed by atoms with Crippen molar-refractivity contribution >= 4 is 11.6 Å². The van der Waals surface area contributed by atoms with E-state index in [1.54, 1.807) is 0 Å². The Hall–Kier alpha value is -3.07. The molecule has 9 heteroatoms. The van der Waals surface area contributed by atoms with Gasteiger partial charge in [-0.1, -0.05) is 28.6 Å². The van der Waals surface area contributed by atoms with Crippen molar-refractivity contribution in [3.05, 3.63) is 41.9 Å². The third kappa shape index (κ3) is 3.33. The molecule has 1 aliphatic rings. The fourth-order valence-corrected chi connectivity index (χ4v) is 3.03. The highest BCUT2D eigenvalue weighted by Crippen LogP contribution is 2.23. The fraction of sp³-hybridized carbons (Fsp3) is 0.353. The maximum Gasteiger partial charge on any atom is 0.280 e. The first-order valence-corrected chi connectivity index (χ1v) is 8.51. The lowest BCUT2D eigenvalue weighted by Gasteiger charge is -2.09. The Morgan fingerprint density at radius 1 is 1.38 bits per heavy atom. The molecule has 26 heavy (non-hydrogen) atoms. The predicted octanol–water partition coefficient (Wildman–Crippen LogP) is 1.35. The van der Waals surface area contributed by atoms with Crippen molar-refractivity contribution in [3.8, 4) is 11.6 Å². The van der Waals surface area contributed by atoms with Gasteiger partial charge < -0.3 is 15.2 Å². The van der Waals surface area contributed by atoms with Crippen molar-refractivity contribution in [1.29, 1.82) is 0 Å². The molecule has 0 bridgehead atoms. The Labute approximate surface area is 149 Å². The molecule has 1 aromatic carbocycles. The summed E-state index contributed by atoms with van der Waals surface area (Å²) in [6.45, 7) is 3.78. The first-order valence-electron chi connectivity index (χ1n) is 8.51. The van der Waals surface area contributed by atoms with E-state index in [0.29, 0.717) is 11.5 Å². The number of amides is 1. The van der Waals surface area contributed by atoms with Gasteiger partial charge in [0.25, 0.3) is 5.89 Å². The topological polar surface area (TPSA) is 111 Å². The maximum absolute atomic E-state index is 12.1. The number of benzene rings is 1. The average Bonchev–Trinajstić information content (AvgIpc) is 3.36. The van der Waals surface area contributed by atoms with Crippen LogP contribution in [0.5, 0.6) is 0 Å². The molecule has 0 spiro atoms. The lowest BCUT2D eigenvalue weighted by Crippen LogP contribution is -2.15. The molecule has 0 saturated carbocycles. The van der Waals surface area contributed by atoms with E-state index < -0.39 is 0 Å². The van der Waals surface area contributed by atoms with Crippen LogP contribution >= 0.6 is 0 Å². The first-order chi connectivity index (χ1) is 12.7. The molecule has 2 aromatic heterocycles. The Bertz CT molecular complexity index is 897. The highest BCUT2D eigenvalue weighted by atomic mass is 16.5. The van der Waals surface area contributed by atoms with Gasteiger partial charge in [0.15, 0.2) is 11.5 Å². The summed E-state index contributed by atoms with van der Waals surface area (Å²) in [7, 11) is 0. The summed E-state index contributed by atoms with van der Waals surface area (Å²) >= 11 is 0. The van der Waals surface area contributed by atoms with E-state index in [0.717, 1.165) is 30.9 Å². The largest absolute Gasteiger partial charge is 0.332 e. The molecule has 1 aliphatic heterocycles. The number of carbonyl (C=O) groups excluding carboxylic acids is 1. The van der Waals surface area contributed by atoms with E-state index in [1.807, 2.05) is 41.9 Å². The molecule has 9 nitrogen and oxygen atoms in total. The van der Waals surface area contributed by atoms with Gasteiger partial charge in [0.2, 0.25) is 5.91 Å². The fourth-order valence-electron chi connectivity index (χ4n) is 3.03. The third-order valence-corrected chi connectivity index (χ3v) is 4.35. The molecule has 4 rings (SSSR count). The SMILES string of the molecule is Cc1c(-c2nc(CC(=O)Nc3ccccc3)no2)nnn1C1CCNC1. The summed E-state index contributed by atoms with van der Waals surface area (Å²) in [5.41, 5.74) is 2.16. The third-order valence-electron chi connectivity index (χ3n) is 4.35. The quantitative estimate of drug-likeness (QED) is 0.712. The minimum Gasteiger partial charge on any atom is -0.332 e. The van der Waals surface area contributed by atoms with Gasteiger partial charge in [-0.3, -0.25) is 4.79 Å². The summed E-state index contributed by atoms with van der Waals surface area (Å²) in [4.78, 5) is 16.4. The van der Waals surface area contributed by atoms with E-state index in [4.69, 9.17) is 4.52 Å². The summed E-state index contributed by atoms with van der Waals surface area (Å²) in [5.74, 6) is 0.382. The van der Waals surface area contributed by atoms with Crippen molar-refractivity contribution in [2.45, 2.75) is 25.8 Å². The molecule has 3 aromatic rings. The van der Waals surface area contributed by atoms with Crippen LogP contribution in [0.15, 0.2) is 34.9 Å². The molecule has 0 aliphatic carbocycles. The van der Waals surface area contributed by atoms with Crippen molar-refractivity contribution in [2.75, 3.05) is 18.4 Å². The van der Waals surface area contributed by atoms with Crippen LogP contribution < -0.4 is 10.6 Å². The van der Waals surface area contributed by atoms with Crippen LogP contribution in [0.4, 0.5) is 5.69 Å². The second kappa shape index (κ2) is 7.04. The molecule has 1 saturated heterocycles. The van der Waals surface area contributed by atoms with Gasteiger partial charge in [-0.05, 0) is 32.0 Å². The van der Waals surface area contributed by atoms with E-state index in [2.05, 4.69) is 31.1 Å². The van der Waals surface area contributed by atoms with Crippen molar-refractivity contribution < 1.29 is 9.32 Å². The van der Waals surface area contributed by atoms with Gasteiger partial charge in [0.05, 0.1) is 18.2 Å². The standard InChI is InChI=1S/C17H19N7O2/c1-11-16(21-23-24(11)13-7-8-18-10-13)17-20-14(22-26-17)9-15(25)19-12-5-3-2-4-6-12/h2-6,13,18H,7-10H2,1H3,(H,19,25). The van der Waals surface area contributed by atoms with Crippen LogP contribution in [-0.4, -0.2) is 44.1 Å². The number of anilines is 1. The summed E-state index contributed by atoms with van der Waals surface area (Å²) in [5, 5.41) is 18.4. The van der Waals surface area contributed by atoms with Crippen molar-refractivity contribution in [2.24, 2.45) is 0 Å². The molecule has 134 valence electrons. The van der Waals surface area contributed by atoms with E-state index in [-0.39, 0.29) is 24.3 Å². The van der Waals surface area contributed by atoms with Crippen LogP contribution in [0.3, 0.4) is 0 Å². The minimum absolute atomic E-state index is 0.0259. The molecule has 3 heterocycles. The Kier molecular flexibility index (Phi) is 4.44. The van der Waals surface area contributed by atoms with Gasteiger partial charge in [0, 0.05) is 12.2 Å². The summed E-state index contributed by atoms with van der Waals surface area (Å²) in [6.07, 6.45) is 1.04. The number of para-hydroxylation sites is 1. The lowest BCUT2D eigenvalue weighted by molar-refractivity contribution is -0.115. The number of nitrogens with one attached hydrogen (secondary N) is 2. The van der Waals surface area contributed by atoms with E-state index in [1.165, 1.54) is 0 Å².